The number of carboxylic acid groups (broad SMARTS) is 1. The zero-order valence-corrected chi connectivity index (χ0v) is 13.4. The van der Waals surface area contributed by atoms with Crippen LogP contribution in [-0.2, 0) is 10.2 Å². The van der Waals surface area contributed by atoms with Gasteiger partial charge in [0.1, 0.15) is 5.60 Å². The average Bonchev–Trinajstić information content (AvgIpc) is 2.63. The van der Waals surface area contributed by atoms with Crippen LogP contribution >= 0.6 is 0 Å². The third kappa shape index (κ3) is 3.20. The van der Waals surface area contributed by atoms with Crippen molar-refractivity contribution < 1.29 is 15.0 Å². The summed E-state index contributed by atoms with van der Waals surface area (Å²) in [6, 6.07) is 20.6. The SMILES string of the molecule is O=C(O)C#CC1(O)CCC(c2ccccc2)(c2ccccc2)CC1. The first-order valence-electron chi connectivity index (χ1n) is 8.14. The molecular formula is C21H20O3. The molecule has 24 heavy (non-hydrogen) atoms. The second kappa shape index (κ2) is 6.51. The Morgan fingerprint density at radius 1 is 0.833 bits per heavy atom. The van der Waals surface area contributed by atoms with Crippen LogP contribution < -0.4 is 0 Å². The van der Waals surface area contributed by atoms with Gasteiger partial charge in [-0.25, -0.2) is 4.79 Å². The quantitative estimate of drug-likeness (QED) is 0.834. The van der Waals surface area contributed by atoms with E-state index < -0.39 is 11.6 Å². The van der Waals surface area contributed by atoms with E-state index in [2.05, 4.69) is 36.1 Å². The van der Waals surface area contributed by atoms with E-state index in [9.17, 15) is 9.90 Å². The lowest BCUT2D eigenvalue weighted by Crippen LogP contribution is -2.41. The highest BCUT2D eigenvalue weighted by molar-refractivity contribution is 5.86. The van der Waals surface area contributed by atoms with Gasteiger partial charge in [0.25, 0.3) is 0 Å². The number of benzene rings is 2. The van der Waals surface area contributed by atoms with Crippen molar-refractivity contribution in [3.8, 4) is 11.8 Å². The highest BCUT2D eigenvalue weighted by Crippen LogP contribution is 2.47. The van der Waals surface area contributed by atoms with Gasteiger partial charge in [-0.3, -0.25) is 0 Å². The van der Waals surface area contributed by atoms with E-state index in [1.807, 2.05) is 36.4 Å². The van der Waals surface area contributed by atoms with Gasteiger partial charge in [-0.15, -0.1) is 0 Å². The average molecular weight is 320 g/mol. The van der Waals surface area contributed by atoms with E-state index in [1.54, 1.807) is 0 Å². The zero-order valence-electron chi connectivity index (χ0n) is 13.4. The van der Waals surface area contributed by atoms with Crippen molar-refractivity contribution in [1.82, 2.24) is 0 Å². The molecule has 1 aliphatic rings. The van der Waals surface area contributed by atoms with Crippen molar-refractivity contribution >= 4 is 5.97 Å². The molecule has 0 unspecified atom stereocenters. The number of carboxylic acids is 1. The minimum Gasteiger partial charge on any atom is -0.472 e. The Morgan fingerprint density at radius 3 is 1.71 bits per heavy atom. The van der Waals surface area contributed by atoms with Gasteiger partial charge in [0.2, 0.25) is 0 Å². The molecule has 3 rings (SSSR count). The highest BCUT2D eigenvalue weighted by Gasteiger charge is 2.43. The van der Waals surface area contributed by atoms with Crippen LogP contribution in [0.4, 0.5) is 0 Å². The van der Waals surface area contributed by atoms with Crippen molar-refractivity contribution in [2.24, 2.45) is 0 Å². The van der Waals surface area contributed by atoms with Crippen molar-refractivity contribution in [1.29, 1.82) is 0 Å². The lowest BCUT2D eigenvalue weighted by atomic mass is 9.62. The number of hydrogen-bond donors (Lipinski definition) is 2. The molecule has 1 aliphatic carbocycles. The normalized spacial score (nSPS) is 18.2. The van der Waals surface area contributed by atoms with Gasteiger partial charge in [0, 0.05) is 11.3 Å². The van der Waals surface area contributed by atoms with Crippen LogP contribution in [0.5, 0.6) is 0 Å². The molecule has 2 aromatic rings. The Kier molecular flexibility index (Phi) is 4.42. The molecule has 0 atom stereocenters. The van der Waals surface area contributed by atoms with Crippen LogP contribution in [0.25, 0.3) is 0 Å². The molecule has 0 heterocycles. The van der Waals surface area contributed by atoms with Gasteiger partial charge in [-0.2, -0.15) is 0 Å². The van der Waals surface area contributed by atoms with Crippen LogP contribution in [0.2, 0.25) is 0 Å². The van der Waals surface area contributed by atoms with E-state index in [1.165, 1.54) is 11.1 Å². The molecule has 0 saturated heterocycles. The fourth-order valence-corrected chi connectivity index (χ4v) is 3.64. The lowest BCUT2D eigenvalue weighted by Gasteiger charge is -2.43. The number of aliphatic carboxylic acids is 1. The smallest absolute Gasteiger partial charge is 0.382 e. The molecule has 0 amide bonds. The molecule has 0 bridgehead atoms. The van der Waals surface area contributed by atoms with Gasteiger partial charge in [0.15, 0.2) is 0 Å². The number of rotatable bonds is 2. The molecule has 0 aliphatic heterocycles. The summed E-state index contributed by atoms with van der Waals surface area (Å²) in [4.78, 5) is 10.7. The number of carbonyl (C=O) groups is 1. The van der Waals surface area contributed by atoms with Crippen LogP contribution in [0.1, 0.15) is 36.8 Å². The molecular weight excluding hydrogens is 300 g/mol. The Balaban J connectivity index is 1.96. The summed E-state index contributed by atoms with van der Waals surface area (Å²) in [5, 5.41) is 19.3. The van der Waals surface area contributed by atoms with Crippen LogP contribution in [-0.4, -0.2) is 21.8 Å². The Labute approximate surface area is 142 Å². The van der Waals surface area contributed by atoms with Crippen molar-refractivity contribution in [3.63, 3.8) is 0 Å². The van der Waals surface area contributed by atoms with Gasteiger partial charge in [-0.1, -0.05) is 66.6 Å². The molecule has 1 fully saturated rings. The first-order chi connectivity index (χ1) is 11.5. The number of hydrogen-bond acceptors (Lipinski definition) is 2. The molecule has 0 aromatic heterocycles. The monoisotopic (exact) mass is 320 g/mol. The van der Waals surface area contributed by atoms with Crippen molar-refractivity contribution in [2.75, 3.05) is 0 Å². The summed E-state index contributed by atoms with van der Waals surface area (Å²) >= 11 is 0. The van der Waals surface area contributed by atoms with E-state index >= 15 is 0 Å². The maximum absolute atomic E-state index is 10.7. The predicted molar refractivity (Wildman–Crippen MR) is 92.5 cm³/mol. The van der Waals surface area contributed by atoms with Gasteiger partial charge in [0.05, 0.1) is 0 Å². The maximum atomic E-state index is 10.7. The second-order valence-electron chi connectivity index (χ2n) is 6.40. The molecule has 3 heteroatoms. The lowest BCUT2D eigenvalue weighted by molar-refractivity contribution is -0.130. The zero-order chi connectivity index (χ0) is 17.0. The summed E-state index contributed by atoms with van der Waals surface area (Å²) < 4.78 is 0. The summed E-state index contributed by atoms with van der Waals surface area (Å²) in [7, 11) is 0. The van der Waals surface area contributed by atoms with Crippen LogP contribution in [0.15, 0.2) is 60.7 Å². The Bertz CT molecular complexity index is 719. The summed E-state index contributed by atoms with van der Waals surface area (Å²) in [5.41, 5.74) is 1.07. The maximum Gasteiger partial charge on any atom is 0.382 e. The predicted octanol–water partition coefficient (Wildman–Crippen LogP) is 3.37. The Hall–Kier alpha value is -2.57. The van der Waals surface area contributed by atoms with Crippen LogP contribution in [0.3, 0.4) is 0 Å². The topological polar surface area (TPSA) is 57.5 Å². The third-order valence-corrected chi connectivity index (χ3v) is 4.99. The minimum atomic E-state index is -1.22. The molecule has 2 N–H and O–H groups in total. The largest absolute Gasteiger partial charge is 0.472 e. The molecule has 2 aromatic carbocycles. The standard InChI is InChI=1S/C21H20O3/c22-19(23)11-12-20(24)13-15-21(16-14-20,17-7-3-1-4-8-17)18-9-5-2-6-10-18/h1-10,24H,13-16H2,(H,22,23). The van der Waals surface area contributed by atoms with E-state index in [-0.39, 0.29) is 5.41 Å². The number of aliphatic hydroxyl groups is 1. The highest BCUT2D eigenvalue weighted by atomic mass is 16.4. The Morgan fingerprint density at radius 2 is 1.29 bits per heavy atom. The van der Waals surface area contributed by atoms with Crippen LogP contribution in [0, 0.1) is 11.8 Å². The third-order valence-electron chi connectivity index (χ3n) is 4.99. The first kappa shape index (κ1) is 16.3. The first-order valence-corrected chi connectivity index (χ1v) is 8.14. The minimum absolute atomic E-state index is 0.167. The molecule has 0 spiro atoms. The fourth-order valence-electron chi connectivity index (χ4n) is 3.64. The van der Waals surface area contributed by atoms with E-state index in [0.29, 0.717) is 12.8 Å². The fraction of sp³-hybridized carbons (Fsp3) is 0.286. The summed E-state index contributed by atoms with van der Waals surface area (Å²) in [5.74, 6) is 3.42. The molecule has 3 nitrogen and oxygen atoms in total. The second-order valence-corrected chi connectivity index (χ2v) is 6.40. The van der Waals surface area contributed by atoms with Gasteiger partial charge in [-0.05, 0) is 36.8 Å². The molecule has 0 radical (unpaired) electrons. The molecule has 122 valence electrons. The van der Waals surface area contributed by atoms with Gasteiger partial charge < -0.3 is 10.2 Å². The molecule has 1 saturated carbocycles. The van der Waals surface area contributed by atoms with Crippen molar-refractivity contribution in [3.05, 3.63) is 71.8 Å². The summed E-state index contributed by atoms with van der Waals surface area (Å²) in [6.07, 6.45) is 2.37. The summed E-state index contributed by atoms with van der Waals surface area (Å²) in [6.45, 7) is 0. The van der Waals surface area contributed by atoms with E-state index in [0.717, 1.165) is 12.8 Å². The van der Waals surface area contributed by atoms with Gasteiger partial charge >= 0.3 is 5.97 Å². The van der Waals surface area contributed by atoms with Crippen molar-refractivity contribution in [2.45, 2.75) is 36.7 Å². The van der Waals surface area contributed by atoms with E-state index in [4.69, 9.17) is 5.11 Å².